The zero-order valence-corrected chi connectivity index (χ0v) is 12.3. The minimum absolute atomic E-state index is 0.104. The van der Waals surface area contributed by atoms with Crippen LogP contribution < -0.4 is 11.1 Å². The number of nitrogens with two attached hydrogens (primary N) is 1. The first-order valence-corrected chi connectivity index (χ1v) is 7.76. The molecular formula is C16H24N4O. The largest absolute Gasteiger partial charge is 0.409 e. The maximum atomic E-state index is 8.87. The summed E-state index contributed by atoms with van der Waals surface area (Å²) in [5.41, 5.74) is 6.94. The number of benzene rings is 1. The first kappa shape index (κ1) is 14.4. The summed E-state index contributed by atoms with van der Waals surface area (Å²) in [5.74, 6) is 1.03. The Morgan fingerprint density at radius 2 is 2.05 bits per heavy atom. The lowest BCUT2D eigenvalue weighted by atomic mass is 9.83. The zero-order chi connectivity index (χ0) is 14.7. The van der Waals surface area contributed by atoms with Crippen molar-refractivity contribution in [3.05, 3.63) is 35.9 Å². The fourth-order valence-corrected chi connectivity index (χ4v) is 3.62. The summed E-state index contributed by atoms with van der Waals surface area (Å²) in [6, 6.07) is 10.9. The van der Waals surface area contributed by atoms with Gasteiger partial charge in [0.1, 0.15) is 5.84 Å². The average Bonchev–Trinajstić information content (AvgIpc) is 2.56. The second kappa shape index (κ2) is 6.45. The summed E-state index contributed by atoms with van der Waals surface area (Å²) in [6.45, 7) is 3.59. The molecule has 0 radical (unpaired) electrons. The number of nitrogens with one attached hydrogen (secondary N) is 1. The highest BCUT2D eigenvalue weighted by atomic mass is 16.4. The van der Waals surface area contributed by atoms with Gasteiger partial charge < -0.3 is 21.2 Å². The normalized spacial score (nSPS) is 30.3. The van der Waals surface area contributed by atoms with E-state index in [-0.39, 0.29) is 11.9 Å². The Labute approximate surface area is 125 Å². The van der Waals surface area contributed by atoms with E-state index < -0.39 is 0 Å². The lowest BCUT2D eigenvalue weighted by Crippen LogP contribution is -2.56. The van der Waals surface area contributed by atoms with Crippen molar-refractivity contribution < 1.29 is 5.21 Å². The Bertz CT molecular complexity index is 482. The van der Waals surface area contributed by atoms with Crippen LogP contribution in [-0.4, -0.2) is 41.6 Å². The summed E-state index contributed by atoms with van der Waals surface area (Å²) in [6.07, 6.45) is 3.09. The predicted molar refractivity (Wildman–Crippen MR) is 83.3 cm³/mol. The standard InChI is InChI=1S/C16H24N4O/c17-16(19-21)10-14(12-4-2-1-3-5-12)18-15-11-20-8-6-13(15)7-9-20/h1-5,13-15,18,21H,6-11H2,(H2,17,19). The van der Waals surface area contributed by atoms with Crippen LogP contribution in [0.15, 0.2) is 35.5 Å². The lowest BCUT2D eigenvalue weighted by molar-refractivity contribution is 0.0672. The van der Waals surface area contributed by atoms with E-state index in [4.69, 9.17) is 10.9 Å². The van der Waals surface area contributed by atoms with Crippen molar-refractivity contribution in [3.8, 4) is 0 Å². The quantitative estimate of drug-likeness (QED) is 0.333. The van der Waals surface area contributed by atoms with Crippen LogP contribution in [0.3, 0.4) is 0 Å². The summed E-state index contributed by atoms with van der Waals surface area (Å²) >= 11 is 0. The Kier molecular flexibility index (Phi) is 4.41. The summed E-state index contributed by atoms with van der Waals surface area (Å²) in [5, 5.41) is 15.8. The summed E-state index contributed by atoms with van der Waals surface area (Å²) in [4.78, 5) is 2.53. The number of rotatable bonds is 5. The van der Waals surface area contributed by atoms with Gasteiger partial charge in [0.15, 0.2) is 0 Å². The highest BCUT2D eigenvalue weighted by Crippen LogP contribution is 2.30. The summed E-state index contributed by atoms with van der Waals surface area (Å²) < 4.78 is 0. The van der Waals surface area contributed by atoms with Crippen LogP contribution in [0.5, 0.6) is 0 Å². The number of nitrogens with zero attached hydrogens (tertiary/aromatic N) is 2. The van der Waals surface area contributed by atoms with Gasteiger partial charge in [0.2, 0.25) is 0 Å². The third-order valence-corrected chi connectivity index (χ3v) is 4.82. The SMILES string of the molecule is NC(CC(NC1CN2CCC1CC2)c1ccccc1)=NO. The highest BCUT2D eigenvalue weighted by Gasteiger charge is 2.35. The molecule has 114 valence electrons. The average molecular weight is 288 g/mol. The molecule has 5 heteroatoms. The molecule has 5 nitrogen and oxygen atoms in total. The van der Waals surface area contributed by atoms with Crippen molar-refractivity contribution in [2.45, 2.75) is 31.3 Å². The fourth-order valence-electron chi connectivity index (χ4n) is 3.62. The van der Waals surface area contributed by atoms with E-state index in [1.165, 1.54) is 31.5 Å². The first-order valence-electron chi connectivity index (χ1n) is 7.76. The molecule has 3 aliphatic rings. The Hall–Kier alpha value is -1.59. The minimum atomic E-state index is 0.104. The number of piperidine rings is 3. The van der Waals surface area contributed by atoms with Crippen molar-refractivity contribution in [2.75, 3.05) is 19.6 Å². The van der Waals surface area contributed by atoms with Crippen LogP contribution in [0.1, 0.15) is 30.9 Å². The van der Waals surface area contributed by atoms with Gasteiger partial charge in [-0.1, -0.05) is 35.5 Å². The molecule has 1 aromatic rings. The van der Waals surface area contributed by atoms with Gasteiger partial charge in [0, 0.05) is 25.0 Å². The highest BCUT2D eigenvalue weighted by molar-refractivity contribution is 5.80. The Morgan fingerprint density at radius 3 is 2.62 bits per heavy atom. The molecule has 2 atom stereocenters. The molecule has 0 saturated carbocycles. The van der Waals surface area contributed by atoms with Gasteiger partial charge in [-0.3, -0.25) is 0 Å². The van der Waals surface area contributed by atoms with Gasteiger partial charge in [0.25, 0.3) is 0 Å². The third kappa shape index (κ3) is 3.36. The number of amidine groups is 1. The molecule has 2 bridgehead atoms. The van der Waals surface area contributed by atoms with Crippen molar-refractivity contribution >= 4 is 5.84 Å². The summed E-state index contributed by atoms with van der Waals surface area (Å²) in [7, 11) is 0. The molecule has 4 rings (SSSR count). The molecule has 3 fully saturated rings. The second-order valence-electron chi connectivity index (χ2n) is 6.17. The molecule has 2 unspecified atom stereocenters. The molecular weight excluding hydrogens is 264 g/mol. The van der Waals surface area contributed by atoms with Crippen molar-refractivity contribution in [1.29, 1.82) is 0 Å². The number of hydrogen-bond acceptors (Lipinski definition) is 4. The zero-order valence-electron chi connectivity index (χ0n) is 12.3. The van der Waals surface area contributed by atoms with Gasteiger partial charge in [0.05, 0.1) is 0 Å². The maximum Gasteiger partial charge on any atom is 0.141 e. The van der Waals surface area contributed by atoms with Crippen LogP contribution in [0.2, 0.25) is 0 Å². The maximum absolute atomic E-state index is 8.87. The first-order chi connectivity index (χ1) is 10.3. The van der Waals surface area contributed by atoms with Crippen LogP contribution in [0, 0.1) is 5.92 Å². The van der Waals surface area contributed by atoms with E-state index in [1.54, 1.807) is 0 Å². The number of fused-ring (bicyclic) bond motifs is 3. The van der Waals surface area contributed by atoms with Crippen molar-refractivity contribution in [1.82, 2.24) is 10.2 Å². The molecule has 3 aliphatic heterocycles. The van der Waals surface area contributed by atoms with Crippen LogP contribution in [0.25, 0.3) is 0 Å². The van der Waals surface area contributed by atoms with Gasteiger partial charge >= 0.3 is 0 Å². The minimum Gasteiger partial charge on any atom is -0.409 e. The van der Waals surface area contributed by atoms with E-state index in [1.807, 2.05) is 18.2 Å². The number of hydrogen-bond donors (Lipinski definition) is 3. The van der Waals surface area contributed by atoms with Crippen molar-refractivity contribution in [3.63, 3.8) is 0 Å². The predicted octanol–water partition coefficient (Wildman–Crippen LogP) is 1.55. The monoisotopic (exact) mass is 288 g/mol. The molecule has 0 spiro atoms. The van der Waals surface area contributed by atoms with Crippen LogP contribution >= 0.6 is 0 Å². The van der Waals surface area contributed by atoms with E-state index in [2.05, 4.69) is 27.5 Å². The van der Waals surface area contributed by atoms with Crippen molar-refractivity contribution in [2.24, 2.45) is 16.8 Å². The Morgan fingerprint density at radius 1 is 1.33 bits per heavy atom. The second-order valence-corrected chi connectivity index (χ2v) is 6.17. The third-order valence-electron chi connectivity index (χ3n) is 4.82. The molecule has 0 aromatic heterocycles. The van der Waals surface area contributed by atoms with Gasteiger partial charge in [-0.15, -0.1) is 0 Å². The number of oxime groups is 1. The van der Waals surface area contributed by atoms with E-state index in [9.17, 15) is 0 Å². The molecule has 0 aliphatic carbocycles. The molecule has 4 N–H and O–H groups in total. The molecule has 21 heavy (non-hydrogen) atoms. The molecule has 3 heterocycles. The Balaban J connectivity index is 1.73. The topological polar surface area (TPSA) is 73.9 Å². The van der Waals surface area contributed by atoms with Gasteiger partial charge in [-0.05, 0) is 37.4 Å². The molecule has 0 amide bonds. The van der Waals surface area contributed by atoms with Gasteiger partial charge in [-0.2, -0.15) is 0 Å². The van der Waals surface area contributed by atoms with E-state index in [0.717, 1.165) is 12.5 Å². The smallest absolute Gasteiger partial charge is 0.141 e. The van der Waals surface area contributed by atoms with E-state index >= 15 is 0 Å². The fraction of sp³-hybridized carbons (Fsp3) is 0.562. The van der Waals surface area contributed by atoms with Gasteiger partial charge in [-0.25, -0.2) is 0 Å². The lowest BCUT2D eigenvalue weighted by Gasteiger charge is -2.46. The molecule has 3 saturated heterocycles. The van der Waals surface area contributed by atoms with Crippen LogP contribution in [-0.2, 0) is 0 Å². The van der Waals surface area contributed by atoms with Crippen LogP contribution in [0.4, 0.5) is 0 Å². The van der Waals surface area contributed by atoms with E-state index in [0.29, 0.717) is 12.5 Å². The molecule has 1 aromatic carbocycles.